The molecule has 6 nitrogen and oxygen atoms in total. The van der Waals surface area contributed by atoms with E-state index in [2.05, 4.69) is 36.5 Å². The Morgan fingerprint density at radius 1 is 1.27 bits per heavy atom. The number of pyridine rings is 1. The molecule has 0 fully saturated rings. The second kappa shape index (κ2) is 6.48. The zero-order chi connectivity index (χ0) is 15.4. The maximum atomic E-state index is 12.1. The van der Waals surface area contributed by atoms with E-state index < -0.39 is 0 Å². The van der Waals surface area contributed by atoms with Gasteiger partial charge in [-0.1, -0.05) is 27.2 Å². The predicted molar refractivity (Wildman–Crippen MR) is 84.5 cm³/mol. The van der Waals surface area contributed by atoms with Crippen molar-refractivity contribution in [1.29, 1.82) is 0 Å². The van der Waals surface area contributed by atoms with Crippen LogP contribution in [0.5, 0.6) is 0 Å². The van der Waals surface area contributed by atoms with Gasteiger partial charge in [0.1, 0.15) is 5.69 Å². The van der Waals surface area contributed by atoms with Crippen LogP contribution in [0.1, 0.15) is 16.1 Å². The van der Waals surface area contributed by atoms with Crippen molar-refractivity contribution < 1.29 is 4.79 Å². The van der Waals surface area contributed by atoms with Crippen molar-refractivity contribution in [2.75, 3.05) is 0 Å². The Bertz CT molecular complexity index is 787. The van der Waals surface area contributed by atoms with Crippen LogP contribution in [0.25, 0.3) is 5.69 Å². The maximum Gasteiger partial charge on any atom is 0.251 e. The number of carbonyl (C=O) groups excluding carboxylic acids is 1. The fourth-order valence-electron chi connectivity index (χ4n) is 1.90. The third-order valence-electron chi connectivity index (χ3n) is 2.97. The summed E-state index contributed by atoms with van der Waals surface area (Å²) in [7, 11) is 0. The molecule has 0 saturated carbocycles. The van der Waals surface area contributed by atoms with Gasteiger partial charge in [0.2, 0.25) is 0 Å². The minimum Gasteiger partial charge on any atom is -0.346 e. The Morgan fingerprint density at radius 3 is 2.95 bits per heavy atom. The number of benzene rings is 1. The first-order valence-corrected chi connectivity index (χ1v) is 7.37. The summed E-state index contributed by atoms with van der Waals surface area (Å²) >= 11 is 3.34. The molecular weight excluding hydrogens is 346 g/mol. The second-order valence-corrected chi connectivity index (χ2v) is 5.47. The summed E-state index contributed by atoms with van der Waals surface area (Å²) in [6.07, 6.45) is 5.15. The van der Waals surface area contributed by atoms with Gasteiger partial charge in [-0.2, -0.15) is 0 Å². The minimum atomic E-state index is -0.155. The first-order valence-electron chi connectivity index (χ1n) is 6.58. The van der Waals surface area contributed by atoms with Crippen LogP contribution in [-0.2, 0) is 6.54 Å². The molecule has 0 spiro atoms. The van der Waals surface area contributed by atoms with Crippen LogP contribution in [0, 0.1) is 0 Å². The highest BCUT2D eigenvalue weighted by molar-refractivity contribution is 9.10. The molecule has 0 aliphatic rings. The van der Waals surface area contributed by atoms with Gasteiger partial charge >= 0.3 is 0 Å². The quantitative estimate of drug-likeness (QED) is 0.777. The maximum absolute atomic E-state index is 12.1. The molecule has 3 rings (SSSR count). The summed E-state index contributed by atoms with van der Waals surface area (Å²) in [5.74, 6) is -0.155. The van der Waals surface area contributed by atoms with Crippen molar-refractivity contribution in [3.8, 4) is 5.69 Å². The molecule has 0 radical (unpaired) electrons. The molecule has 0 aliphatic heterocycles. The molecule has 110 valence electrons. The van der Waals surface area contributed by atoms with Crippen LogP contribution < -0.4 is 5.32 Å². The lowest BCUT2D eigenvalue weighted by Gasteiger charge is -2.03. The summed E-state index contributed by atoms with van der Waals surface area (Å²) in [5.41, 5.74) is 2.08. The predicted octanol–water partition coefficient (Wildman–Crippen LogP) is 2.35. The second-order valence-electron chi connectivity index (χ2n) is 4.56. The van der Waals surface area contributed by atoms with Crippen molar-refractivity contribution in [3.63, 3.8) is 0 Å². The fraction of sp³-hybridized carbons (Fsp3) is 0.0667. The highest BCUT2D eigenvalue weighted by atomic mass is 79.9. The van der Waals surface area contributed by atoms with Gasteiger partial charge in [0.15, 0.2) is 0 Å². The normalized spacial score (nSPS) is 10.4. The first kappa shape index (κ1) is 14.4. The number of aromatic nitrogens is 4. The van der Waals surface area contributed by atoms with E-state index in [0.717, 1.165) is 10.2 Å². The molecule has 0 saturated heterocycles. The third kappa shape index (κ3) is 3.37. The summed E-state index contributed by atoms with van der Waals surface area (Å²) < 4.78 is 2.48. The van der Waals surface area contributed by atoms with Gasteiger partial charge in [0.05, 0.1) is 24.6 Å². The van der Waals surface area contributed by atoms with Gasteiger partial charge in [-0.3, -0.25) is 9.78 Å². The van der Waals surface area contributed by atoms with Gasteiger partial charge in [0.25, 0.3) is 5.91 Å². The average Bonchev–Trinajstić information content (AvgIpc) is 3.02. The number of halogens is 1. The number of rotatable bonds is 4. The lowest BCUT2D eigenvalue weighted by Crippen LogP contribution is -2.22. The molecule has 0 aliphatic carbocycles. The molecule has 1 aromatic carbocycles. The molecule has 0 bridgehead atoms. The average molecular weight is 358 g/mol. The molecule has 2 heterocycles. The van der Waals surface area contributed by atoms with Crippen molar-refractivity contribution in [3.05, 3.63) is 70.7 Å². The number of nitrogens with one attached hydrogen (secondary N) is 1. The molecule has 0 unspecified atom stereocenters. The van der Waals surface area contributed by atoms with Crippen LogP contribution in [-0.4, -0.2) is 25.9 Å². The third-order valence-corrected chi connectivity index (χ3v) is 3.46. The van der Waals surface area contributed by atoms with E-state index in [4.69, 9.17) is 0 Å². The van der Waals surface area contributed by atoms with Gasteiger partial charge in [-0.25, -0.2) is 4.68 Å². The highest BCUT2D eigenvalue weighted by Crippen LogP contribution is 2.11. The Kier molecular flexibility index (Phi) is 4.24. The zero-order valence-electron chi connectivity index (χ0n) is 11.5. The number of carbonyl (C=O) groups is 1. The number of nitrogens with zero attached hydrogens (tertiary/aromatic N) is 4. The molecule has 7 heteroatoms. The minimum absolute atomic E-state index is 0.155. The van der Waals surface area contributed by atoms with E-state index in [1.54, 1.807) is 35.4 Å². The van der Waals surface area contributed by atoms with E-state index in [1.807, 2.05) is 24.3 Å². The fourth-order valence-corrected chi connectivity index (χ4v) is 2.30. The number of hydrogen-bond donors (Lipinski definition) is 1. The van der Waals surface area contributed by atoms with Crippen LogP contribution >= 0.6 is 15.9 Å². The van der Waals surface area contributed by atoms with Crippen LogP contribution in [0.3, 0.4) is 0 Å². The topological polar surface area (TPSA) is 72.7 Å². The lowest BCUT2D eigenvalue weighted by atomic mass is 10.2. The molecule has 1 N–H and O–H groups in total. The summed E-state index contributed by atoms with van der Waals surface area (Å²) in [5, 5.41) is 10.9. The van der Waals surface area contributed by atoms with Crippen LogP contribution in [0.2, 0.25) is 0 Å². The number of amides is 1. The Labute approximate surface area is 135 Å². The van der Waals surface area contributed by atoms with Crippen LogP contribution in [0.4, 0.5) is 0 Å². The van der Waals surface area contributed by atoms with Crippen molar-refractivity contribution in [1.82, 2.24) is 25.3 Å². The SMILES string of the molecule is O=C(NCc1cn(-c2cccnc2)nn1)c1cccc(Br)c1. The molecule has 2 aromatic heterocycles. The highest BCUT2D eigenvalue weighted by Gasteiger charge is 2.08. The van der Waals surface area contributed by atoms with Crippen molar-refractivity contribution in [2.45, 2.75) is 6.54 Å². The van der Waals surface area contributed by atoms with Gasteiger partial charge < -0.3 is 5.32 Å². The van der Waals surface area contributed by atoms with Gasteiger partial charge in [-0.05, 0) is 30.3 Å². The monoisotopic (exact) mass is 357 g/mol. The molecule has 3 aromatic rings. The van der Waals surface area contributed by atoms with E-state index in [-0.39, 0.29) is 5.91 Å². The standard InChI is InChI=1S/C15H12BrN5O/c16-12-4-1-3-11(7-12)15(22)18-8-13-10-21(20-19-13)14-5-2-6-17-9-14/h1-7,9-10H,8H2,(H,18,22). The first-order chi connectivity index (χ1) is 10.7. The van der Waals surface area contributed by atoms with Gasteiger partial charge in [-0.15, -0.1) is 5.10 Å². The smallest absolute Gasteiger partial charge is 0.251 e. The van der Waals surface area contributed by atoms with E-state index >= 15 is 0 Å². The van der Waals surface area contributed by atoms with Gasteiger partial charge in [0, 0.05) is 16.2 Å². The van der Waals surface area contributed by atoms with E-state index in [0.29, 0.717) is 17.8 Å². The van der Waals surface area contributed by atoms with E-state index in [1.165, 1.54) is 0 Å². The van der Waals surface area contributed by atoms with Crippen LogP contribution in [0.15, 0.2) is 59.5 Å². The number of hydrogen-bond acceptors (Lipinski definition) is 4. The summed E-state index contributed by atoms with van der Waals surface area (Å²) in [6, 6.07) is 10.9. The zero-order valence-corrected chi connectivity index (χ0v) is 13.1. The molecule has 22 heavy (non-hydrogen) atoms. The summed E-state index contributed by atoms with van der Waals surface area (Å²) in [4.78, 5) is 16.1. The Morgan fingerprint density at radius 2 is 2.18 bits per heavy atom. The summed E-state index contributed by atoms with van der Waals surface area (Å²) in [6.45, 7) is 0.311. The Hall–Kier alpha value is -2.54. The Balaban J connectivity index is 1.65. The largest absolute Gasteiger partial charge is 0.346 e. The lowest BCUT2D eigenvalue weighted by molar-refractivity contribution is 0.0950. The van der Waals surface area contributed by atoms with Crippen molar-refractivity contribution >= 4 is 21.8 Å². The van der Waals surface area contributed by atoms with E-state index in [9.17, 15) is 4.79 Å². The molecule has 1 amide bonds. The van der Waals surface area contributed by atoms with Crippen molar-refractivity contribution in [2.24, 2.45) is 0 Å². The molecule has 0 atom stereocenters. The molecular formula is C15H12BrN5O.